The fraction of sp³-hybridized carbons (Fsp3) is 0. The van der Waals surface area contributed by atoms with Gasteiger partial charge in [-0.1, -0.05) is 91.0 Å². The van der Waals surface area contributed by atoms with Crippen molar-refractivity contribution in [2.45, 2.75) is 0 Å². The summed E-state index contributed by atoms with van der Waals surface area (Å²) in [5.74, 6) is 0.0134. The Morgan fingerprint density at radius 1 is 0.655 bits per heavy atom. The maximum atomic E-state index is 13.3. The average molecular weight is 391 g/mol. The van der Waals surface area contributed by atoms with Crippen molar-refractivity contribution >= 4 is 27.3 Å². The predicted molar refractivity (Wildman–Crippen MR) is 120 cm³/mol. The van der Waals surface area contributed by atoms with Crippen LogP contribution in [0.1, 0.15) is 15.9 Å². The zero-order chi connectivity index (χ0) is 19.6. The van der Waals surface area contributed by atoms with E-state index in [1.54, 1.807) is 11.3 Å². The molecule has 0 saturated carbocycles. The Hall–Kier alpha value is -3.56. The van der Waals surface area contributed by atoms with E-state index in [9.17, 15) is 4.79 Å². The standard InChI is InChI=1S/C26H17NOS/c28-25(20-16-14-19(15-17-20)18-8-2-1-3-9-18)21-10-4-5-11-22(21)26-27-23-12-6-7-13-24(23)29-26/h1-17H. The lowest BCUT2D eigenvalue weighted by molar-refractivity contribution is 0.103. The van der Waals surface area contributed by atoms with Crippen LogP contribution in [0, 0.1) is 0 Å². The Bertz CT molecular complexity index is 1270. The largest absolute Gasteiger partial charge is 0.289 e. The van der Waals surface area contributed by atoms with Gasteiger partial charge in [-0.05, 0) is 23.3 Å². The quantitative estimate of drug-likeness (QED) is 0.313. The molecule has 4 aromatic carbocycles. The minimum absolute atomic E-state index is 0.0134. The van der Waals surface area contributed by atoms with Gasteiger partial charge < -0.3 is 0 Å². The van der Waals surface area contributed by atoms with Gasteiger partial charge in [0.1, 0.15) is 5.01 Å². The van der Waals surface area contributed by atoms with E-state index in [0.29, 0.717) is 11.1 Å². The molecule has 0 bridgehead atoms. The second-order valence-corrected chi connectivity index (χ2v) is 7.84. The van der Waals surface area contributed by atoms with E-state index in [2.05, 4.69) is 18.2 Å². The van der Waals surface area contributed by atoms with E-state index < -0.39 is 0 Å². The highest BCUT2D eigenvalue weighted by Crippen LogP contribution is 2.33. The molecule has 0 aliphatic carbocycles. The topological polar surface area (TPSA) is 30.0 Å². The van der Waals surface area contributed by atoms with Gasteiger partial charge in [0, 0.05) is 16.7 Å². The van der Waals surface area contributed by atoms with Crippen molar-refractivity contribution in [1.82, 2.24) is 4.98 Å². The monoisotopic (exact) mass is 391 g/mol. The second-order valence-electron chi connectivity index (χ2n) is 6.80. The molecular formula is C26H17NOS. The van der Waals surface area contributed by atoms with Crippen LogP contribution >= 0.6 is 11.3 Å². The zero-order valence-electron chi connectivity index (χ0n) is 15.6. The fourth-order valence-electron chi connectivity index (χ4n) is 3.46. The molecule has 0 N–H and O–H groups in total. The smallest absolute Gasteiger partial charge is 0.193 e. The Morgan fingerprint density at radius 2 is 1.31 bits per heavy atom. The van der Waals surface area contributed by atoms with Gasteiger partial charge in [-0.25, -0.2) is 4.98 Å². The molecule has 0 unspecified atom stereocenters. The summed E-state index contributed by atoms with van der Waals surface area (Å²) >= 11 is 1.61. The Balaban J connectivity index is 1.52. The minimum Gasteiger partial charge on any atom is -0.289 e. The number of benzene rings is 4. The van der Waals surface area contributed by atoms with Gasteiger partial charge in [0.05, 0.1) is 10.2 Å². The molecular weight excluding hydrogens is 374 g/mol. The molecule has 29 heavy (non-hydrogen) atoms. The van der Waals surface area contributed by atoms with Crippen LogP contribution in [0.15, 0.2) is 103 Å². The first-order valence-electron chi connectivity index (χ1n) is 9.45. The Labute approximate surface area is 173 Å². The highest BCUT2D eigenvalue weighted by Gasteiger charge is 2.17. The van der Waals surface area contributed by atoms with Crippen LogP contribution in [-0.2, 0) is 0 Å². The molecule has 0 fully saturated rings. The van der Waals surface area contributed by atoms with Crippen molar-refractivity contribution in [1.29, 1.82) is 0 Å². The third-order valence-electron chi connectivity index (χ3n) is 4.95. The van der Waals surface area contributed by atoms with E-state index in [1.807, 2.05) is 84.9 Å². The molecule has 138 valence electrons. The van der Waals surface area contributed by atoms with E-state index in [-0.39, 0.29) is 5.78 Å². The number of rotatable bonds is 4. The molecule has 5 rings (SSSR count). The Morgan fingerprint density at radius 3 is 2.10 bits per heavy atom. The maximum absolute atomic E-state index is 13.3. The fourth-order valence-corrected chi connectivity index (χ4v) is 4.46. The summed E-state index contributed by atoms with van der Waals surface area (Å²) in [7, 11) is 0. The van der Waals surface area contributed by atoms with Gasteiger partial charge in [0.15, 0.2) is 5.78 Å². The number of ketones is 1. The van der Waals surface area contributed by atoms with Gasteiger partial charge in [-0.15, -0.1) is 11.3 Å². The van der Waals surface area contributed by atoms with Crippen molar-refractivity contribution in [2.24, 2.45) is 0 Å². The normalized spacial score (nSPS) is 10.9. The Kier molecular flexibility index (Phi) is 4.51. The summed E-state index contributed by atoms with van der Waals surface area (Å²) in [5.41, 5.74) is 5.44. The van der Waals surface area contributed by atoms with Crippen LogP contribution < -0.4 is 0 Å². The molecule has 0 amide bonds. The van der Waals surface area contributed by atoms with Gasteiger partial charge in [-0.3, -0.25) is 4.79 Å². The minimum atomic E-state index is 0.0134. The molecule has 0 radical (unpaired) electrons. The van der Waals surface area contributed by atoms with Crippen molar-refractivity contribution < 1.29 is 4.79 Å². The highest BCUT2D eigenvalue weighted by atomic mass is 32.1. The van der Waals surface area contributed by atoms with E-state index in [4.69, 9.17) is 4.98 Å². The first-order chi connectivity index (χ1) is 14.3. The zero-order valence-corrected chi connectivity index (χ0v) is 16.4. The summed E-state index contributed by atoms with van der Waals surface area (Å²) < 4.78 is 1.12. The first-order valence-corrected chi connectivity index (χ1v) is 10.3. The molecule has 0 saturated heterocycles. The lowest BCUT2D eigenvalue weighted by Gasteiger charge is -2.08. The number of hydrogen-bond donors (Lipinski definition) is 0. The van der Waals surface area contributed by atoms with Crippen LogP contribution in [0.2, 0.25) is 0 Å². The molecule has 0 spiro atoms. The average Bonchev–Trinajstić information content (AvgIpc) is 3.23. The third-order valence-corrected chi connectivity index (χ3v) is 6.02. The molecule has 0 atom stereocenters. The summed E-state index contributed by atoms with van der Waals surface area (Å²) in [6, 6.07) is 33.8. The van der Waals surface area contributed by atoms with Crippen molar-refractivity contribution in [3.8, 4) is 21.7 Å². The number of fused-ring (bicyclic) bond motifs is 1. The summed E-state index contributed by atoms with van der Waals surface area (Å²) in [6.45, 7) is 0. The lowest BCUT2D eigenvalue weighted by atomic mass is 9.96. The number of carbonyl (C=O) groups excluding carboxylic acids is 1. The highest BCUT2D eigenvalue weighted by molar-refractivity contribution is 7.21. The molecule has 1 aromatic heterocycles. The van der Waals surface area contributed by atoms with Crippen LogP contribution in [0.25, 0.3) is 31.9 Å². The van der Waals surface area contributed by atoms with Crippen molar-refractivity contribution in [2.75, 3.05) is 0 Å². The second kappa shape index (κ2) is 7.46. The van der Waals surface area contributed by atoms with E-state index >= 15 is 0 Å². The lowest BCUT2D eigenvalue weighted by Crippen LogP contribution is -2.03. The van der Waals surface area contributed by atoms with Gasteiger partial charge in [0.25, 0.3) is 0 Å². The summed E-state index contributed by atoms with van der Waals surface area (Å²) in [4.78, 5) is 18.0. The van der Waals surface area contributed by atoms with Crippen LogP contribution in [0.5, 0.6) is 0 Å². The number of aromatic nitrogens is 1. The number of para-hydroxylation sites is 1. The predicted octanol–water partition coefficient (Wildman–Crippen LogP) is 6.86. The van der Waals surface area contributed by atoms with Crippen molar-refractivity contribution in [3.05, 3.63) is 114 Å². The van der Waals surface area contributed by atoms with E-state index in [1.165, 1.54) is 0 Å². The van der Waals surface area contributed by atoms with Crippen LogP contribution in [0.4, 0.5) is 0 Å². The molecule has 1 heterocycles. The number of carbonyl (C=O) groups is 1. The van der Waals surface area contributed by atoms with Crippen molar-refractivity contribution in [3.63, 3.8) is 0 Å². The molecule has 0 aliphatic rings. The molecule has 3 heteroatoms. The molecule has 5 aromatic rings. The maximum Gasteiger partial charge on any atom is 0.193 e. The number of hydrogen-bond acceptors (Lipinski definition) is 3. The first kappa shape index (κ1) is 17.5. The summed E-state index contributed by atoms with van der Waals surface area (Å²) in [5, 5.41) is 0.871. The number of nitrogens with zero attached hydrogens (tertiary/aromatic N) is 1. The molecule has 2 nitrogen and oxygen atoms in total. The summed E-state index contributed by atoms with van der Waals surface area (Å²) in [6.07, 6.45) is 0. The van der Waals surface area contributed by atoms with Crippen LogP contribution in [-0.4, -0.2) is 10.8 Å². The van der Waals surface area contributed by atoms with Gasteiger partial charge in [0.2, 0.25) is 0 Å². The van der Waals surface area contributed by atoms with Gasteiger partial charge in [-0.2, -0.15) is 0 Å². The molecule has 0 aliphatic heterocycles. The van der Waals surface area contributed by atoms with Crippen LogP contribution in [0.3, 0.4) is 0 Å². The van der Waals surface area contributed by atoms with E-state index in [0.717, 1.165) is 31.9 Å². The third kappa shape index (κ3) is 3.37. The SMILES string of the molecule is O=C(c1ccc(-c2ccccc2)cc1)c1ccccc1-c1nc2ccccc2s1. The van der Waals surface area contributed by atoms with Gasteiger partial charge >= 0.3 is 0 Å². The number of thiazole rings is 1.